The first kappa shape index (κ1) is 20.3. The highest BCUT2D eigenvalue weighted by Crippen LogP contribution is 2.26. The maximum Gasteiger partial charge on any atom is 0.310 e. The molecule has 4 aromatic rings. The number of nitro groups is 1. The molecule has 1 N–H and O–H groups in total. The van der Waals surface area contributed by atoms with E-state index in [9.17, 15) is 14.9 Å². The number of benzene rings is 3. The first-order valence-corrected chi connectivity index (χ1v) is 9.58. The number of carbonyl (C=O) groups excluding carboxylic acids is 1. The Bertz CT molecular complexity index is 1300. The van der Waals surface area contributed by atoms with Crippen molar-refractivity contribution >= 4 is 39.9 Å². The second-order valence-electron chi connectivity index (χ2n) is 6.69. The van der Waals surface area contributed by atoms with Gasteiger partial charge >= 0.3 is 5.69 Å². The maximum absolute atomic E-state index is 12.2. The monoisotopic (exact) mass is 437 g/mol. The van der Waals surface area contributed by atoms with Gasteiger partial charge in [-0.25, -0.2) is 0 Å². The summed E-state index contributed by atoms with van der Waals surface area (Å²) in [4.78, 5) is 24.2. The lowest BCUT2D eigenvalue weighted by Gasteiger charge is -2.07. The Morgan fingerprint density at radius 2 is 1.90 bits per heavy atom. The zero-order valence-corrected chi connectivity index (χ0v) is 17.0. The van der Waals surface area contributed by atoms with Crippen molar-refractivity contribution in [1.82, 2.24) is 15.0 Å². The third-order valence-electron chi connectivity index (χ3n) is 4.47. The normalized spacial score (nSPS) is 10.8. The predicted octanol–water partition coefficient (Wildman–Crippen LogP) is 4.31. The van der Waals surface area contributed by atoms with Crippen molar-refractivity contribution < 1.29 is 14.5 Å². The molecular weight excluding hydrogens is 422 g/mol. The number of amides is 1. The fourth-order valence-electron chi connectivity index (χ4n) is 2.88. The zero-order valence-electron chi connectivity index (χ0n) is 16.3. The summed E-state index contributed by atoms with van der Waals surface area (Å²) in [5.41, 5.74) is 3.19. The number of ether oxygens (including phenoxy) is 1. The minimum Gasteiger partial charge on any atom is -0.477 e. The standard InChI is InChI=1S/C21H16ClN5O4/c1-13-6-8-15(11-16(13)22)26-24-17-9-7-14(10-18(17)25-26)23-21(28)12-31-20-5-3-2-4-19(20)27(29)30/h2-11H,12H2,1H3,(H,23,28). The minimum atomic E-state index is -0.564. The summed E-state index contributed by atoms with van der Waals surface area (Å²) in [5.74, 6) is -0.437. The Kier molecular flexibility index (Phi) is 5.50. The molecule has 0 radical (unpaired) electrons. The number of para-hydroxylation sites is 2. The van der Waals surface area contributed by atoms with Crippen molar-refractivity contribution in [2.75, 3.05) is 11.9 Å². The summed E-state index contributed by atoms with van der Waals surface area (Å²) in [6.07, 6.45) is 0. The highest BCUT2D eigenvalue weighted by atomic mass is 35.5. The molecule has 156 valence electrons. The van der Waals surface area contributed by atoms with Crippen LogP contribution in [-0.2, 0) is 4.79 Å². The highest BCUT2D eigenvalue weighted by Gasteiger charge is 2.15. The van der Waals surface area contributed by atoms with Gasteiger partial charge in [0.15, 0.2) is 12.4 Å². The number of hydrogen-bond donors (Lipinski definition) is 1. The van der Waals surface area contributed by atoms with Crippen LogP contribution in [-0.4, -0.2) is 32.4 Å². The van der Waals surface area contributed by atoms with E-state index in [0.29, 0.717) is 21.7 Å². The molecule has 1 heterocycles. The molecule has 0 saturated heterocycles. The van der Waals surface area contributed by atoms with Gasteiger partial charge < -0.3 is 10.1 Å². The number of aromatic nitrogens is 3. The van der Waals surface area contributed by atoms with E-state index in [1.54, 1.807) is 30.3 Å². The summed E-state index contributed by atoms with van der Waals surface area (Å²) in [6.45, 7) is 1.53. The molecule has 3 aromatic carbocycles. The quantitative estimate of drug-likeness (QED) is 0.355. The van der Waals surface area contributed by atoms with E-state index in [0.717, 1.165) is 11.3 Å². The third kappa shape index (κ3) is 4.46. The molecule has 4 rings (SSSR count). The molecule has 1 amide bonds. The third-order valence-corrected chi connectivity index (χ3v) is 4.88. The van der Waals surface area contributed by atoms with Crippen molar-refractivity contribution in [3.63, 3.8) is 0 Å². The van der Waals surface area contributed by atoms with Crippen molar-refractivity contribution in [2.24, 2.45) is 0 Å². The number of hydrogen-bond acceptors (Lipinski definition) is 6. The summed E-state index contributed by atoms with van der Waals surface area (Å²) >= 11 is 6.18. The molecule has 31 heavy (non-hydrogen) atoms. The second kappa shape index (κ2) is 8.41. The van der Waals surface area contributed by atoms with Crippen LogP contribution >= 0.6 is 11.6 Å². The predicted molar refractivity (Wildman–Crippen MR) is 116 cm³/mol. The van der Waals surface area contributed by atoms with Gasteiger partial charge in [0.2, 0.25) is 0 Å². The van der Waals surface area contributed by atoms with Crippen LogP contribution in [0.15, 0.2) is 60.7 Å². The molecule has 0 atom stereocenters. The van der Waals surface area contributed by atoms with Gasteiger partial charge in [-0.15, -0.1) is 10.2 Å². The van der Waals surface area contributed by atoms with Crippen LogP contribution < -0.4 is 10.1 Å². The lowest BCUT2D eigenvalue weighted by Crippen LogP contribution is -2.20. The molecule has 0 unspecified atom stereocenters. The number of carbonyl (C=O) groups is 1. The van der Waals surface area contributed by atoms with E-state index in [1.165, 1.54) is 23.0 Å². The van der Waals surface area contributed by atoms with E-state index >= 15 is 0 Å². The van der Waals surface area contributed by atoms with Gasteiger partial charge in [-0.05, 0) is 48.9 Å². The molecule has 0 fully saturated rings. The Balaban J connectivity index is 1.47. The number of aryl methyl sites for hydroxylation is 1. The lowest BCUT2D eigenvalue weighted by molar-refractivity contribution is -0.385. The Morgan fingerprint density at radius 1 is 1.13 bits per heavy atom. The van der Waals surface area contributed by atoms with E-state index in [2.05, 4.69) is 15.5 Å². The summed E-state index contributed by atoms with van der Waals surface area (Å²) in [6, 6.07) is 16.5. The van der Waals surface area contributed by atoms with Crippen LogP contribution in [0.25, 0.3) is 16.7 Å². The average molecular weight is 438 g/mol. The van der Waals surface area contributed by atoms with E-state index in [-0.39, 0.29) is 18.0 Å². The molecule has 1 aromatic heterocycles. The van der Waals surface area contributed by atoms with Gasteiger partial charge in [0.1, 0.15) is 11.0 Å². The highest BCUT2D eigenvalue weighted by molar-refractivity contribution is 6.31. The van der Waals surface area contributed by atoms with Crippen molar-refractivity contribution in [1.29, 1.82) is 0 Å². The second-order valence-corrected chi connectivity index (χ2v) is 7.10. The fraction of sp³-hybridized carbons (Fsp3) is 0.0952. The first-order valence-electron chi connectivity index (χ1n) is 9.20. The fourth-order valence-corrected chi connectivity index (χ4v) is 3.06. The SMILES string of the molecule is Cc1ccc(-n2nc3ccc(NC(=O)COc4ccccc4[N+](=O)[O-])cc3n2)cc1Cl. The number of nitro benzene ring substituents is 1. The number of rotatable bonds is 6. The van der Waals surface area contributed by atoms with Crippen LogP contribution in [0.2, 0.25) is 5.02 Å². The minimum absolute atomic E-state index is 0.0257. The van der Waals surface area contributed by atoms with Crippen molar-refractivity contribution in [3.05, 3.63) is 81.4 Å². The van der Waals surface area contributed by atoms with E-state index in [1.807, 2.05) is 19.1 Å². The topological polar surface area (TPSA) is 112 Å². The molecule has 0 saturated carbocycles. The van der Waals surface area contributed by atoms with E-state index < -0.39 is 10.8 Å². The molecule has 0 spiro atoms. The van der Waals surface area contributed by atoms with Crippen LogP contribution in [0.4, 0.5) is 11.4 Å². The van der Waals surface area contributed by atoms with Gasteiger partial charge in [0.05, 0.1) is 10.6 Å². The van der Waals surface area contributed by atoms with Crippen molar-refractivity contribution in [3.8, 4) is 11.4 Å². The lowest BCUT2D eigenvalue weighted by atomic mass is 10.2. The Morgan fingerprint density at radius 3 is 2.68 bits per heavy atom. The molecule has 0 bridgehead atoms. The summed E-state index contributed by atoms with van der Waals surface area (Å²) < 4.78 is 5.30. The Labute approximate surface area is 181 Å². The van der Waals surface area contributed by atoms with Gasteiger partial charge in [-0.1, -0.05) is 29.8 Å². The molecular formula is C21H16ClN5O4. The van der Waals surface area contributed by atoms with Gasteiger partial charge in [-0.3, -0.25) is 14.9 Å². The number of halogens is 1. The van der Waals surface area contributed by atoms with Crippen molar-refractivity contribution in [2.45, 2.75) is 6.92 Å². The van der Waals surface area contributed by atoms with Gasteiger partial charge in [-0.2, -0.15) is 4.80 Å². The maximum atomic E-state index is 12.2. The molecule has 0 aliphatic rings. The van der Waals surface area contributed by atoms with Crippen LogP contribution in [0.5, 0.6) is 5.75 Å². The summed E-state index contributed by atoms with van der Waals surface area (Å²) in [7, 11) is 0. The largest absolute Gasteiger partial charge is 0.477 e. The molecule has 10 heteroatoms. The van der Waals surface area contributed by atoms with Gasteiger partial charge in [0, 0.05) is 16.8 Å². The molecule has 9 nitrogen and oxygen atoms in total. The number of nitrogens with one attached hydrogen (secondary N) is 1. The van der Waals surface area contributed by atoms with Crippen LogP contribution in [0.3, 0.4) is 0 Å². The van der Waals surface area contributed by atoms with E-state index in [4.69, 9.17) is 16.3 Å². The molecule has 0 aliphatic heterocycles. The first-order chi connectivity index (χ1) is 14.9. The van der Waals surface area contributed by atoms with Crippen LogP contribution in [0.1, 0.15) is 5.56 Å². The smallest absolute Gasteiger partial charge is 0.310 e. The Hall–Kier alpha value is -3.98. The average Bonchev–Trinajstić information content (AvgIpc) is 3.17. The van der Waals surface area contributed by atoms with Gasteiger partial charge in [0.25, 0.3) is 5.91 Å². The number of anilines is 1. The molecule has 0 aliphatic carbocycles. The number of fused-ring (bicyclic) bond motifs is 1. The summed E-state index contributed by atoms with van der Waals surface area (Å²) in [5, 5.41) is 23.2. The zero-order chi connectivity index (χ0) is 22.0. The van der Waals surface area contributed by atoms with Crippen LogP contribution in [0, 0.1) is 17.0 Å². The number of nitrogens with zero attached hydrogens (tertiary/aromatic N) is 4.